The minimum absolute atomic E-state index is 0.00146. The van der Waals surface area contributed by atoms with Crippen LogP contribution in [0.25, 0.3) is 11.4 Å². The second kappa shape index (κ2) is 4.62. The van der Waals surface area contributed by atoms with Gasteiger partial charge in [-0.3, -0.25) is 9.67 Å². The van der Waals surface area contributed by atoms with Gasteiger partial charge < -0.3 is 5.11 Å². The molecule has 0 radical (unpaired) electrons. The highest BCUT2D eigenvalue weighted by molar-refractivity contribution is 5.94. The molecule has 1 N–H and O–H groups in total. The molecule has 0 aliphatic carbocycles. The summed E-state index contributed by atoms with van der Waals surface area (Å²) in [6.45, 7) is 1.62. The van der Waals surface area contributed by atoms with E-state index in [1.54, 1.807) is 6.92 Å². The summed E-state index contributed by atoms with van der Waals surface area (Å²) in [6, 6.07) is 3.57. The van der Waals surface area contributed by atoms with Crippen molar-refractivity contribution in [1.29, 1.82) is 0 Å². The lowest BCUT2D eigenvalue weighted by atomic mass is 10.1. The lowest BCUT2D eigenvalue weighted by Crippen LogP contribution is -2.07. The molecule has 2 heterocycles. The molecule has 0 fully saturated rings. The molecule has 2 aromatic rings. The Morgan fingerprint density at radius 3 is 2.50 bits per heavy atom. The van der Waals surface area contributed by atoms with Crippen LogP contribution in [0, 0.1) is 6.92 Å². The van der Waals surface area contributed by atoms with Crippen molar-refractivity contribution < 1.29 is 23.1 Å². The lowest BCUT2D eigenvalue weighted by molar-refractivity contribution is -0.141. The first kappa shape index (κ1) is 14.0. The highest BCUT2D eigenvalue weighted by atomic mass is 19.4. The lowest BCUT2D eigenvalue weighted by Gasteiger charge is -2.06. The van der Waals surface area contributed by atoms with Crippen LogP contribution < -0.4 is 0 Å². The van der Waals surface area contributed by atoms with Gasteiger partial charge in [-0.25, -0.2) is 4.79 Å². The second-order valence-electron chi connectivity index (χ2n) is 4.19. The Hall–Kier alpha value is -2.38. The van der Waals surface area contributed by atoms with E-state index in [4.69, 9.17) is 5.11 Å². The van der Waals surface area contributed by atoms with Crippen LogP contribution in [-0.2, 0) is 13.2 Å². The summed E-state index contributed by atoms with van der Waals surface area (Å²) >= 11 is 0. The Morgan fingerprint density at radius 1 is 1.35 bits per heavy atom. The molecule has 0 aliphatic heterocycles. The summed E-state index contributed by atoms with van der Waals surface area (Å²) in [6.07, 6.45) is -4.59. The van der Waals surface area contributed by atoms with Gasteiger partial charge in [0.15, 0.2) is 5.69 Å². The van der Waals surface area contributed by atoms with Gasteiger partial charge in [-0.05, 0) is 25.1 Å². The van der Waals surface area contributed by atoms with E-state index in [2.05, 4.69) is 10.1 Å². The summed E-state index contributed by atoms with van der Waals surface area (Å²) in [7, 11) is 1.31. The quantitative estimate of drug-likeness (QED) is 0.920. The van der Waals surface area contributed by atoms with Crippen molar-refractivity contribution in [3.8, 4) is 11.4 Å². The molecule has 0 atom stereocenters. The van der Waals surface area contributed by atoms with Crippen LogP contribution in [0.4, 0.5) is 13.2 Å². The SMILES string of the molecule is Cc1ccc(C(=O)O)c(-c2cc(C(F)(F)F)nn2C)n1. The van der Waals surface area contributed by atoms with Gasteiger partial charge in [0.2, 0.25) is 0 Å². The van der Waals surface area contributed by atoms with Crippen molar-refractivity contribution in [3.05, 3.63) is 35.2 Å². The number of carboxylic acids is 1. The number of hydrogen-bond acceptors (Lipinski definition) is 3. The van der Waals surface area contributed by atoms with Gasteiger partial charge in [0, 0.05) is 12.7 Å². The highest BCUT2D eigenvalue weighted by Gasteiger charge is 2.35. The van der Waals surface area contributed by atoms with Crippen molar-refractivity contribution in [2.45, 2.75) is 13.1 Å². The largest absolute Gasteiger partial charge is 0.478 e. The number of aryl methyl sites for hydroxylation is 2. The first-order chi connectivity index (χ1) is 9.20. The van der Waals surface area contributed by atoms with E-state index in [1.807, 2.05) is 0 Å². The maximum absolute atomic E-state index is 12.6. The molecule has 0 bridgehead atoms. The Bertz CT molecular complexity index is 677. The average molecular weight is 285 g/mol. The van der Waals surface area contributed by atoms with E-state index in [-0.39, 0.29) is 17.0 Å². The molecule has 0 saturated heterocycles. The summed E-state index contributed by atoms with van der Waals surface area (Å²) in [5.41, 5.74) is -0.803. The molecule has 20 heavy (non-hydrogen) atoms. The number of pyridine rings is 1. The second-order valence-corrected chi connectivity index (χ2v) is 4.19. The number of carbonyl (C=O) groups is 1. The topological polar surface area (TPSA) is 68.0 Å². The van der Waals surface area contributed by atoms with Crippen molar-refractivity contribution >= 4 is 5.97 Å². The van der Waals surface area contributed by atoms with Crippen molar-refractivity contribution in [2.75, 3.05) is 0 Å². The fourth-order valence-corrected chi connectivity index (χ4v) is 1.75. The molecular formula is C12H10F3N3O2. The number of rotatable bonds is 2. The number of aromatic nitrogens is 3. The third-order valence-electron chi connectivity index (χ3n) is 2.68. The molecule has 0 saturated carbocycles. The number of alkyl halides is 3. The van der Waals surface area contributed by atoms with Crippen molar-refractivity contribution in [3.63, 3.8) is 0 Å². The van der Waals surface area contributed by atoms with Crippen LogP contribution in [0.3, 0.4) is 0 Å². The standard InChI is InChI=1S/C12H10F3N3O2/c1-6-3-4-7(11(19)20)10(16-6)8-5-9(12(13,14)15)17-18(8)2/h3-5H,1-2H3,(H,19,20). The number of carboxylic acid groups (broad SMARTS) is 1. The Balaban J connectivity index is 2.65. The number of aromatic carboxylic acids is 1. The fraction of sp³-hybridized carbons (Fsp3) is 0.250. The van der Waals surface area contributed by atoms with Crippen molar-refractivity contribution in [1.82, 2.24) is 14.8 Å². The Morgan fingerprint density at radius 2 is 2.00 bits per heavy atom. The minimum Gasteiger partial charge on any atom is -0.478 e. The predicted molar refractivity (Wildman–Crippen MR) is 63.1 cm³/mol. The molecule has 0 amide bonds. The van der Waals surface area contributed by atoms with E-state index in [1.165, 1.54) is 19.2 Å². The average Bonchev–Trinajstić information content (AvgIpc) is 2.70. The minimum atomic E-state index is -4.59. The molecule has 2 rings (SSSR count). The Labute approximate surface area is 111 Å². The summed E-state index contributed by atoms with van der Waals surface area (Å²) < 4.78 is 38.8. The fourth-order valence-electron chi connectivity index (χ4n) is 1.75. The van der Waals surface area contributed by atoms with Crippen LogP contribution in [0.15, 0.2) is 18.2 Å². The van der Waals surface area contributed by atoms with Gasteiger partial charge >= 0.3 is 12.1 Å². The summed E-state index contributed by atoms with van der Waals surface area (Å²) in [5.74, 6) is -1.26. The number of halogens is 3. The zero-order chi connectivity index (χ0) is 15.1. The van der Waals surface area contributed by atoms with Gasteiger partial charge in [0.25, 0.3) is 0 Å². The summed E-state index contributed by atoms with van der Waals surface area (Å²) in [5, 5.41) is 12.4. The van der Waals surface area contributed by atoms with Crippen LogP contribution in [-0.4, -0.2) is 25.8 Å². The van der Waals surface area contributed by atoms with E-state index in [9.17, 15) is 18.0 Å². The van der Waals surface area contributed by atoms with E-state index in [0.717, 1.165) is 10.7 Å². The molecular weight excluding hydrogens is 275 g/mol. The monoisotopic (exact) mass is 285 g/mol. The maximum Gasteiger partial charge on any atom is 0.435 e. The predicted octanol–water partition coefficient (Wildman–Crippen LogP) is 2.51. The van der Waals surface area contributed by atoms with Crippen LogP contribution in [0.2, 0.25) is 0 Å². The van der Waals surface area contributed by atoms with Crippen LogP contribution in [0.1, 0.15) is 21.7 Å². The van der Waals surface area contributed by atoms with Gasteiger partial charge in [0.05, 0.1) is 11.3 Å². The third kappa shape index (κ3) is 2.49. The van der Waals surface area contributed by atoms with E-state index < -0.39 is 17.8 Å². The highest BCUT2D eigenvalue weighted by Crippen LogP contribution is 2.31. The Kier molecular flexibility index (Phi) is 3.24. The molecule has 0 unspecified atom stereocenters. The number of nitrogens with zero attached hydrogens (tertiary/aromatic N) is 3. The van der Waals surface area contributed by atoms with E-state index in [0.29, 0.717) is 5.69 Å². The smallest absolute Gasteiger partial charge is 0.435 e. The number of hydrogen-bond donors (Lipinski definition) is 1. The zero-order valence-electron chi connectivity index (χ0n) is 10.6. The normalized spacial score (nSPS) is 11.7. The molecule has 2 aromatic heterocycles. The van der Waals surface area contributed by atoms with Gasteiger partial charge in [-0.1, -0.05) is 0 Å². The first-order valence-electron chi connectivity index (χ1n) is 5.52. The summed E-state index contributed by atoms with van der Waals surface area (Å²) in [4.78, 5) is 15.1. The van der Waals surface area contributed by atoms with Gasteiger partial charge in [0.1, 0.15) is 5.69 Å². The molecule has 0 aromatic carbocycles. The van der Waals surface area contributed by atoms with Gasteiger partial charge in [-0.15, -0.1) is 0 Å². The molecule has 106 valence electrons. The first-order valence-corrected chi connectivity index (χ1v) is 5.52. The molecule has 8 heteroatoms. The molecule has 0 aliphatic rings. The molecule has 5 nitrogen and oxygen atoms in total. The van der Waals surface area contributed by atoms with Crippen LogP contribution in [0.5, 0.6) is 0 Å². The van der Waals surface area contributed by atoms with Crippen LogP contribution >= 0.6 is 0 Å². The zero-order valence-corrected chi connectivity index (χ0v) is 10.6. The van der Waals surface area contributed by atoms with Gasteiger partial charge in [-0.2, -0.15) is 18.3 Å². The maximum atomic E-state index is 12.6. The third-order valence-corrected chi connectivity index (χ3v) is 2.68. The molecule has 0 spiro atoms. The van der Waals surface area contributed by atoms with Crippen molar-refractivity contribution in [2.24, 2.45) is 7.05 Å². The van der Waals surface area contributed by atoms with E-state index >= 15 is 0 Å².